The zero-order valence-electron chi connectivity index (χ0n) is 7.45. The van der Waals surface area contributed by atoms with Gasteiger partial charge in [-0.15, -0.1) is 0 Å². The van der Waals surface area contributed by atoms with Crippen molar-refractivity contribution in [3.05, 3.63) is 22.7 Å². The number of aliphatic imine (C=N–C) groups is 1. The number of methoxy groups -OCH3 is 1. The van der Waals surface area contributed by atoms with Crippen LogP contribution in [0.25, 0.3) is 0 Å². The number of carbonyl (C=O) groups excluding carboxylic acids is 1. The molecule has 0 aliphatic heterocycles. The highest BCUT2D eigenvalue weighted by Gasteiger charge is 2.11. The number of ether oxygens (including phenoxy) is 1. The Hall–Kier alpha value is -1.51. The van der Waals surface area contributed by atoms with Crippen LogP contribution in [0.1, 0.15) is 5.56 Å². The quantitative estimate of drug-likeness (QED) is 0.616. The summed E-state index contributed by atoms with van der Waals surface area (Å²) in [6, 6.07) is 3.14. The largest absolute Gasteiger partial charge is 0.504 e. The number of aromatic hydroxyl groups is 1. The van der Waals surface area contributed by atoms with Gasteiger partial charge in [-0.3, -0.25) is 0 Å². The summed E-state index contributed by atoms with van der Waals surface area (Å²) < 4.78 is 4.87. The summed E-state index contributed by atoms with van der Waals surface area (Å²) in [5.74, 6) is 0.0873. The van der Waals surface area contributed by atoms with Crippen molar-refractivity contribution in [3.63, 3.8) is 0 Å². The van der Waals surface area contributed by atoms with Gasteiger partial charge in [0.2, 0.25) is 6.08 Å². The summed E-state index contributed by atoms with van der Waals surface area (Å²) in [4.78, 5) is 13.2. The molecule has 74 valence electrons. The molecule has 1 N–H and O–H groups in total. The van der Waals surface area contributed by atoms with E-state index in [-0.39, 0.29) is 18.0 Å². The first kappa shape index (κ1) is 10.6. The normalized spacial score (nSPS) is 9.29. The topological polar surface area (TPSA) is 58.9 Å². The lowest BCUT2D eigenvalue weighted by atomic mass is 10.2. The van der Waals surface area contributed by atoms with Gasteiger partial charge in [0.05, 0.1) is 18.7 Å². The fourth-order valence-electron chi connectivity index (χ4n) is 1.03. The first-order valence-corrected chi connectivity index (χ1v) is 4.16. The molecule has 0 saturated carbocycles. The molecule has 1 aromatic rings. The molecule has 0 atom stereocenters. The van der Waals surface area contributed by atoms with Crippen LogP contribution in [0.5, 0.6) is 11.5 Å². The van der Waals surface area contributed by atoms with Crippen molar-refractivity contribution in [2.75, 3.05) is 7.11 Å². The Morgan fingerprint density at radius 2 is 2.36 bits per heavy atom. The monoisotopic (exact) mass is 213 g/mol. The van der Waals surface area contributed by atoms with Crippen LogP contribution < -0.4 is 4.74 Å². The van der Waals surface area contributed by atoms with E-state index in [1.807, 2.05) is 0 Å². The number of nitrogens with zero attached hydrogens (tertiary/aromatic N) is 1. The highest BCUT2D eigenvalue weighted by atomic mass is 35.5. The van der Waals surface area contributed by atoms with Gasteiger partial charge in [0.25, 0.3) is 0 Å². The number of hydrogen-bond donors (Lipinski definition) is 1. The predicted molar refractivity (Wildman–Crippen MR) is 51.5 cm³/mol. The lowest BCUT2D eigenvalue weighted by Gasteiger charge is -2.08. The van der Waals surface area contributed by atoms with Crippen LogP contribution >= 0.6 is 11.6 Å². The summed E-state index contributed by atoms with van der Waals surface area (Å²) in [7, 11) is 1.40. The Kier molecular flexibility index (Phi) is 3.51. The van der Waals surface area contributed by atoms with Crippen LogP contribution in [0.4, 0.5) is 0 Å². The SMILES string of the molecule is COc1c(Cl)ccc(CN=C=O)c1O. The molecule has 0 fully saturated rings. The van der Waals surface area contributed by atoms with E-state index in [0.717, 1.165) is 0 Å². The fraction of sp³-hybridized carbons (Fsp3) is 0.222. The summed E-state index contributed by atoms with van der Waals surface area (Å²) in [6.45, 7) is 0.0584. The molecule has 0 aromatic heterocycles. The van der Waals surface area contributed by atoms with Crippen molar-refractivity contribution < 1.29 is 14.6 Å². The molecule has 1 rings (SSSR count). The average Bonchev–Trinajstić information content (AvgIpc) is 2.18. The molecule has 0 amide bonds. The highest BCUT2D eigenvalue weighted by Crippen LogP contribution is 2.36. The van der Waals surface area contributed by atoms with Crippen molar-refractivity contribution >= 4 is 17.7 Å². The minimum absolute atomic E-state index is 0.0584. The van der Waals surface area contributed by atoms with E-state index in [4.69, 9.17) is 16.3 Å². The van der Waals surface area contributed by atoms with Crippen LogP contribution in [0, 0.1) is 0 Å². The van der Waals surface area contributed by atoms with Crippen molar-refractivity contribution in [3.8, 4) is 11.5 Å². The lowest BCUT2D eigenvalue weighted by Crippen LogP contribution is -1.89. The smallest absolute Gasteiger partial charge is 0.235 e. The van der Waals surface area contributed by atoms with E-state index < -0.39 is 0 Å². The summed E-state index contributed by atoms with van der Waals surface area (Å²) in [6.07, 6.45) is 1.39. The van der Waals surface area contributed by atoms with Gasteiger partial charge in [-0.05, 0) is 6.07 Å². The van der Waals surface area contributed by atoms with E-state index in [0.29, 0.717) is 10.6 Å². The number of phenolic OH excluding ortho intramolecular Hbond substituents is 1. The zero-order valence-corrected chi connectivity index (χ0v) is 8.21. The molecule has 0 aliphatic rings. The van der Waals surface area contributed by atoms with Gasteiger partial charge in [-0.2, -0.15) is 0 Å². The van der Waals surface area contributed by atoms with Gasteiger partial charge in [-0.25, -0.2) is 9.79 Å². The molecule has 0 heterocycles. The van der Waals surface area contributed by atoms with E-state index in [2.05, 4.69) is 4.99 Å². The summed E-state index contributed by atoms with van der Waals surface area (Å²) >= 11 is 5.74. The van der Waals surface area contributed by atoms with Crippen LogP contribution in [-0.2, 0) is 11.3 Å². The summed E-state index contributed by atoms with van der Waals surface area (Å²) in [5, 5.41) is 9.91. The van der Waals surface area contributed by atoms with Crippen LogP contribution in [0.3, 0.4) is 0 Å². The number of isocyanates is 1. The Morgan fingerprint density at radius 3 is 2.93 bits per heavy atom. The molecule has 0 bridgehead atoms. The lowest BCUT2D eigenvalue weighted by molar-refractivity contribution is 0.371. The van der Waals surface area contributed by atoms with Gasteiger partial charge in [0.15, 0.2) is 11.5 Å². The number of rotatable bonds is 3. The molecule has 14 heavy (non-hydrogen) atoms. The maximum Gasteiger partial charge on any atom is 0.235 e. The minimum Gasteiger partial charge on any atom is -0.504 e. The van der Waals surface area contributed by atoms with Crippen LogP contribution in [0.2, 0.25) is 5.02 Å². The van der Waals surface area contributed by atoms with Crippen molar-refractivity contribution in [1.82, 2.24) is 0 Å². The van der Waals surface area contributed by atoms with E-state index in [1.165, 1.54) is 13.2 Å². The summed E-state index contributed by atoms with van der Waals surface area (Å²) in [5.41, 5.74) is 0.467. The third-order valence-electron chi connectivity index (χ3n) is 1.69. The molecule has 0 unspecified atom stereocenters. The van der Waals surface area contributed by atoms with Gasteiger partial charge < -0.3 is 9.84 Å². The second kappa shape index (κ2) is 4.65. The van der Waals surface area contributed by atoms with E-state index in [9.17, 15) is 9.90 Å². The van der Waals surface area contributed by atoms with Crippen LogP contribution in [0.15, 0.2) is 17.1 Å². The first-order valence-electron chi connectivity index (χ1n) is 3.78. The van der Waals surface area contributed by atoms with Gasteiger partial charge in [-0.1, -0.05) is 17.7 Å². The molecular weight excluding hydrogens is 206 g/mol. The zero-order chi connectivity index (χ0) is 10.6. The Bertz CT molecular complexity index is 386. The fourth-order valence-corrected chi connectivity index (χ4v) is 1.26. The molecule has 1 aromatic carbocycles. The maximum absolute atomic E-state index is 9.88. The van der Waals surface area contributed by atoms with E-state index in [1.54, 1.807) is 12.1 Å². The van der Waals surface area contributed by atoms with Gasteiger partial charge >= 0.3 is 0 Å². The molecule has 0 aliphatic carbocycles. The van der Waals surface area contributed by atoms with Gasteiger partial charge in [0, 0.05) is 5.56 Å². The molecule has 0 saturated heterocycles. The Labute approximate surface area is 85.8 Å². The third kappa shape index (κ3) is 2.05. The van der Waals surface area contributed by atoms with Gasteiger partial charge in [0.1, 0.15) is 0 Å². The highest BCUT2D eigenvalue weighted by molar-refractivity contribution is 6.32. The Morgan fingerprint density at radius 1 is 1.64 bits per heavy atom. The second-order valence-electron chi connectivity index (χ2n) is 2.50. The first-order chi connectivity index (χ1) is 6.70. The number of hydrogen-bond acceptors (Lipinski definition) is 4. The minimum atomic E-state index is -0.0981. The van der Waals surface area contributed by atoms with E-state index >= 15 is 0 Å². The standard InChI is InChI=1S/C9H8ClNO3/c1-14-9-7(10)3-2-6(8(9)13)4-11-5-12/h2-3,13H,4H2,1H3. The molecular formula is C9H8ClNO3. The second-order valence-corrected chi connectivity index (χ2v) is 2.90. The molecule has 0 spiro atoms. The maximum atomic E-state index is 9.88. The van der Waals surface area contributed by atoms with Crippen molar-refractivity contribution in [2.45, 2.75) is 6.54 Å². The Balaban J connectivity index is 3.13. The number of phenols is 1. The number of benzene rings is 1. The molecule has 5 heteroatoms. The average molecular weight is 214 g/mol. The number of halogens is 1. The molecule has 0 radical (unpaired) electrons. The predicted octanol–water partition coefficient (Wildman–Crippen LogP) is 1.89. The van der Waals surface area contributed by atoms with Crippen molar-refractivity contribution in [2.24, 2.45) is 4.99 Å². The third-order valence-corrected chi connectivity index (χ3v) is 1.98. The molecule has 4 nitrogen and oxygen atoms in total. The van der Waals surface area contributed by atoms with Crippen LogP contribution in [-0.4, -0.2) is 18.3 Å². The van der Waals surface area contributed by atoms with Crippen molar-refractivity contribution in [1.29, 1.82) is 0 Å².